The fourth-order valence-electron chi connectivity index (χ4n) is 3.03. The van der Waals surface area contributed by atoms with Crippen LogP contribution in [0.5, 0.6) is 0 Å². The van der Waals surface area contributed by atoms with Gasteiger partial charge in [-0.3, -0.25) is 4.90 Å². The Balaban J connectivity index is 1.90. The molecule has 1 aliphatic rings. The molecule has 1 saturated heterocycles. The van der Waals surface area contributed by atoms with Crippen LogP contribution >= 0.6 is 11.6 Å². The second kappa shape index (κ2) is 7.56. The van der Waals surface area contributed by atoms with Crippen molar-refractivity contribution in [1.29, 1.82) is 0 Å². The number of likely N-dealkylation sites (N-methyl/N-ethyl adjacent to an activating group) is 1. The predicted molar refractivity (Wildman–Crippen MR) is 85.6 cm³/mol. The molecule has 0 bridgehead atoms. The van der Waals surface area contributed by atoms with Crippen LogP contribution in [0.3, 0.4) is 0 Å². The molecule has 3 atom stereocenters. The Morgan fingerprint density at radius 1 is 1.38 bits per heavy atom. The summed E-state index contributed by atoms with van der Waals surface area (Å²) in [5.41, 5.74) is 0.781. The molecule has 0 aromatic heterocycles. The molecule has 0 saturated carbocycles. The van der Waals surface area contributed by atoms with Gasteiger partial charge < -0.3 is 15.1 Å². The van der Waals surface area contributed by atoms with E-state index < -0.39 is 6.10 Å². The van der Waals surface area contributed by atoms with E-state index in [2.05, 4.69) is 9.80 Å². The number of halogens is 1. The highest BCUT2D eigenvalue weighted by Crippen LogP contribution is 2.26. The molecule has 0 amide bonds. The smallest absolute Gasteiger partial charge is 0.0816 e. The molecule has 1 aliphatic heterocycles. The van der Waals surface area contributed by atoms with Gasteiger partial charge in [0.15, 0.2) is 0 Å². The molecule has 118 valence electrons. The predicted octanol–water partition coefficient (Wildman–Crippen LogP) is 1.76. The van der Waals surface area contributed by atoms with Crippen LogP contribution in [0, 0.1) is 0 Å². The minimum atomic E-state index is -0.559. The first-order valence-corrected chi connectivity index (χ1v) is 7.84. The highest BCUT2D eigenvalue weighted by atomic mass is 35.5. The van der Waals surface area contributed by atoms with Gasteiger partial charge in [-0.15, -0.1) is 0 Å². The van der Waals surface area contributed by atoms with Crippen LogP contribution < -0.4 is 0 Å². The molecule has 1 fully saturated rings. The van der Waals surface area contributed by atoms with Gasteiger partial charge in [0.25, 0.3) is 0 Å². The first kappa shape index (κ1) is 16.7. The monoisotopic (exact) mass is 312 g/mol. The van der Waals surface area contributed by atoms with Crippen molar-refractivity contribution < 1.29 is 10.2 Å². The molecule has 0 spiro atoms. The molecular weight excluding hydrogens is 288 g/mol. The third kappa shape index (κ3) is 4.66. The number of rotatable bonds is 6. The maximum Gasteiger partial charge on any atom is 0.0816 e. The zero-order valence-corrected chi connectivity index (χ0v) is 13.5. The van der Waals surface area contributed by atoms with Gasteiger partial charge in [-0.1, -0.05) is 29.8 Å². The highest BCUT2D eigenvalue weighted by Gasteiger charge is 2.31. The van der Waals surface area contributed by atoms with Gasteiger partial charge in [-0.05, 0) is 38.6 Å². The third-order valence-corrected chi connectivity index (χ3v) is 4.38. The molecule has 2 rings (SSSR count). The topological polar surface area (TPSA) is 46.9 Å². The largest absolute Gasteiger partial charge is 0.392 e. The summed E-state index contributed by atoms with van der Waals surface area (Å²) >= 11 is 6.11. The zero-order chi connectivity index (χ0) is 15.4. The van der Waals surface area contributed by atoms with Crippen molar-refractivity contribution in [2.75, 3.05) is 33.7 Å². The van der Waals surface area contributed by atoms with Crippen molar-refractivity contribution in [2.24, 2.45) is 0 Å². The van der Waals surface area contributed by atoms with Gasteiger partial charge in [0, 0.05) is 30.7 Å². The van der Waals surface area contributed by atoms with Crippen molar-refractivity contribution in [3.05, 3.63) is 34.9 Å². The summed E-state index contributed by atoms with van der Waals surface area (Å²) < 4.78 is 0. The average Bonchev–Trinajstić information content (AvgIpc) is 2.75. The maximum atomic E-state index is 10.3. The second-order valence-electron chi connectivity index (χ2n) is 6.13. The number of nitrogens with zero attached hydrogens (tertiary/aromatic N) is 2. The Morgan fingerprint density at radius 3 is 2.76 bits per heavy atom. The molecule has 5 heteroatoms. The molecule has 1 heterocycles. The normalized spacial score (nSPS) is 24.7. The van der Waals surface area contributed by atoms with Crippen molar-refractivity contribution in [3.8, 4) is 0 Å². The van der Waals surface area contributed by atoms with E-state index in [1.54, 1.807) is 6.07 Å². The number of hydrogen-bond acceptors (Lipinski definition) is 4. The Kier molecular flexibility index (Phi) is 6.02. The van der Waals surface area contributed by atoms with Crippen molar-refractivity contribution >= 4 is 11.6 Å². The van der Waals surface area contributed by atoms with E-state index in [0.29, 0.717) is 24.0 Å². The summed E-state index contributed by atoms with van der Waals surface area (Å²) in [5.74, 6) is 0. The fourth-order valence-corrected chi connectivity index (χ4v) is 3.29. The maximum absolute atomic E-state index is 10.3. The lowest BCUT2D eigenvalue weighted by atomic mass is 10.1. The minimum absolute atomic E-state index is 0.257. The standard InChI is InChI=1S/C16H25ClN2O2/c1-18(2)10-12-9-13(20)11-19(12)8-7-16(21)14-5-3-4-6-15(14)17/h3-6,12-13,16,20-21H,7-11H2,1-2H3. The zero-order valence-electron chi connectivity index (χ0n) is 12.7. The molecule has 0 radical (unpaired) electrons. The molecule has 3 unspecified atom stereocenters. The first-order chi connectivity index (χ1) is 9.97. The lowest BCUT2D eigenvalue weighted by molar-refractivity contribution is 0.125. The Labute approximate surface area is 131 Å². The lowest BCUT2D eigenvalue weighted by Crippen LogP contribution is -2.38. The van der Waals surface area contributed by atoms with Gasteiger partial charge in [0.05, 0.1) is 12.2 Å². The van der Waals surface area contributed by atoms with Crippen LogP contribution in [0.25, 0.3) is 0 Å². The summed E-state index contributed by atoms with van der Waals surface area (Å²) in [6.07, 6.45) is 0.615. The van der Waals surface area contributed by atoms with Gasteiger partial charge in [0.1, 0.15) is 0 Å². The summed E-state index contributed by atoms with van der Waals surface area (Å²) in [6.45, 7) is 2.38. The van der Waals surface area contributed by atoms with E-state index in [-0.39, 0.29) is 6.10 Å². The van der Waals surface area contributed by atoms with Crippen molar-refractivity contribution in [3.63, 3.8) is 0 Å². The molecular formula is C16H25ClN2O2. The number of β-amino-alcohol motifs (C(OH)–C–C–N with tert-alkyl or cyclic N) is 1. The molecule has 21 heavy (non-hydrogen) atoms. The molecule has 2 N–H and O–H groups in total. The van der Waals surface area contributed by atoms with Crippen LogP contribution in [-0.4, -0.2) is 65.9 Å². The highest BCUT2D eigenvalue weighted by molar-refractivity contribution is 6.31. The third-order valence-electron chi connectivity index (χ3n) is 4.04. The Hall–Kier alpha value is -0.650. The summed E-state index contributed by atoms with van der Waals surface area (Å²) in [7, 11) is 4.09. The first-order valence-electron chi connectivity index (χ1n) is 7.46. The van der Waals surface area contributed by atoms with Crippen molar-refractivity contribution in [1.82, 2.24) is 9.80 Å². The Morgan fingerprint density at radius 2 is 2.10 bits per heavy atom. The lowest BCUT2D eigenvalue weighted by Gasteiger charge is -2.27. The second-order valence-corrected chi connectivity index (χ2v) is 6.53. The van der Waals surface area contributed by atoms with Gasteiger partial charge in [0.2, 0.25) is 0 Å². The van der Waals surface area contributed by atoms with E-state index in [4.69, 9.17) is 11.6 Å². The fraction of sp³-hybridized carbons (Fsp3) is 0.625. The van der Waals surface area contributed by atoms with Crippen LogP contribution in [0.1, 0.15) is 24.5 Å². The van der Waals surface area contributed by atoms with Gasteiger partial charge in [-0.2, -0.15) is 0 Å². The van der Waals surface area contributed by atoms with Crippen LogP contribution in [-0.2, 0) is 0 Å². The number of hydrogen-bond donors (Lipinski definition) is 2. The van der Waals surface area contributed by atoms with Crippen LogP contribution in [0.15, 0.2) is 24.3 Å². The number of benzene rings is 1. The van der Waals surface area contributed by atoms with Crippen LogP contribution in [0.4, 0.5) is 0 Å². The summed E-state index contributed by atoms with van der Waals surface area (Å²) in [5, 5.41) is 20.8. The SMILES string of the molecule is CN(C)CC1CC(O)CN1CCC(O)c1ccccc1Cl. The molecule has 1 aromatic carbocycles. The molecule has 4 nitrogen and oxygen atoms in total. The number of likely N-dealkylation sites (tertiary alicyclic amines) is 1. The van der Waals surface area contributed by atoms with E-state index in [1.807, 2.05) is 32.3 Å². The average molecular weight is 313 g/mol. The van der Waals surface area contributed by atoms with Crippen molar-refractivity contribution in [2.45, 2.75) is 31.1 Å². The van der Waals surface area contributed by atoms with E-state index in [1.165, 1.54) is 0 Å². The number of aliphatic hydroxyl groups is 2. The van der Waals surface area contributed by atoms with E-state index in [9.17, 15) is 10.2 Å². The summed E-state index contributed by atoms with van der Waals surface area (Å²) in [4.78, 5) is 4.41. The summed E-state index contributed by atoms with van der Waals surface area (Å²) in [6, 6.07) is 7.77. The van der Waals surface area contributed by atoms with Gasteiger partial charge >= 0.3 is 0 Å². The van der Waals surface area contributed by atoms with E-state index >= 15 is 0 Å². The van der Waals surface area contributed by atoms with Crippen LogP contribution in [0.2, 0.25) is 5.02 Å². The quantitative estimate of drug-likeness (QED) is 0.840. The molecule has 0 aliphatic carbocycles. The van der Waals surface area contributed by atoms with E-state index in [0.717, 1.165) is 25.1 Å². The van der Waals surface area contributed by atoms with Gasteiger partial charge in [-0.25, -0.2) is 0 Å². The molecule has 1 aromatic rings. The minimum Gasteiger partial charge on any atom is -0.392 e. The number of aliphatic hydroxyl groups excluding tert-OH is 2. The Bertz CT molecular complexity index is 456.